The molecule has 0 amide bonds. The maximum Gasteiger partial charge on any atom is 0.0406 e. The predicted octanol–water partition coefficient (Wildman–Crippen LogP) is 5.52. The molecule has 2 heteroatoms. The Bertz CT molecular complexity index is 416. The minimum absolute atomic E-state index is 0.227. The Hall–Kier alpha value is -0.530. The number of piperidine rings is 1. The third-order valence-electron chi connectivity index (χ3n) is 5.08. The van der Waals surface area contributed by atoms with Crippen molar-refractivity contribution in [3.63, 3.8) is 0 Å². The molecule has 0 bridgehead atoms. The fraction of sp³-hybridized carbons (Fsp3) is 0.684. The van der Waals surface area contributed by atoms with E-state index >= 15 is 0 Å². The van der Waals surface area contributed by atoms with Gasteiger partial charge in [0.25, 0.3) is 0 Å². The molecule has 1 nitrogen and oxygen atoms in total. The standard InChI is InChI=1S/C19H30ClN/c1-4-5-16-10-13-21(14-11-16)15-12-19(2,3)17-6-8-18(20)9-7-17/h6-9,16H,4-5,10-15H2,1-3H3. The summed E-state index contributed by atoms with van der Waals surface area (Å²) in [6, 6.07) is 8.37. The van der Waals surface area contributed by atoms with Gasteiger partial charge in [0, 0.05) is 5.02 Å². The van der Waals surface area contributed by atoms with Gasteiger partial charge in [-0.15, -0.1) is 0 Å². The first-order valence-corrected chi connectivity index (χ1v) is 8.87. The molecular weight excluding hydrogens is 278 g/mol. The zero-order chi connectivity index (χ0) is 15.3. The molecule has 0 saturated carbocycles. The van der Waals surface area contributed by atoms with Crippen LogP contribution in [0.5, 0.6) is 0 Å². The number of halogens is 1. The summed E-state index contributed by atoms with van der Waals surface area (Å²) >= 11 is 5.99. The molecule has 0 spiro atoms. The van der Waals surface area contributed by atoms with Gasteiger partial charge in [-0.2, -0.15) is 0 Å². The van der Waals surface area contributed by atoms with E-state index in [9.17, 15) is 0 Å². The summed E-state index contributed by atoms with van der Waals surface area (Å²) in [5.41, 5.74) is 1.62. The van der Waals surface area contributed by atoms with Crippen molar-refractivity contribution >= 4 is 11.6 Å². The molecule has 0 N–H and O–H groups in total. The maximum absolute atomic E-state index is 5.99. The van der Waals surface area contributed by atoms with E-state index in [1.165, 1.54) is 57.3 Å². The zero-order valence-corrected chi connectivity index (χ0v) is 14.6. The monoisotopic (exact) mass is 307 g/mol. The van der Waals surface area contributed by atoms with Crippen molar-refractivity contribution in [1.82, 2.24) is 4.90 Å². The van der Waals surface area contributed by atoms with Crippen molar-refractivity contribution in [3.05, 3.63) is 34.9 Å². The molecule has 0 aliphatic carbocycles. The summed E-state index contributed by atoms with van der Waals surface area (Å²) in [7, 11) is 0. The Balaban J connectivity index is 1.81. The average Bonchev–Trinajstić information content (AvgIpc) is 2.47. The van der Waals surface area contributed by atoms with Crippen LogP contribution in [0, 0.1) is 5.92 Å². The van der Waals surface area contributed by atoms with Crippen LogP contribution >= 0.6 is 11.6 Å². The summed E-state index contributed by atoms with van der Waals surface area (Å²) in [5.74, 6) is 0.982. The second-order valence-corrected chi connectivity index (χ2v) is 7.65. The van der Waals surface area contributed by atoms with E-state index in [0.717, 1.165) is 10.9 Å². The Morgan fingerprint density at radius 2 is 1.76 bits per heavy atom. The van der Waals surface area contributed by atoms with Gasteiger partial charge in [-0.05, 0) is 67.9 Å². The van der Waals surface area contributed by atoms with E-state index in [4.69, 9.17) is 11.6 Å². The molecule has 0 unspecified atom stereocenters. The number of nitrogens with zero attached hydrogens (tertiary/aromatic N) is 1. The van der Waals surface area contributed by atoms with Crippen LogP contribution in [0.2, 0.25) is 5.02 Å². The summed E-state index contributed by atoms with van der Waals surface area (Å²) in [4.78, 5) is 2.66. The molecule has 118 valence electrons. The molecule has 21 heavy (non-hydrogen) atoms. The fourth-order valence-electron chi connectivity index (χ4n) is 3.39. The summed E-state index contributed by atoms with van der Waals surface area (Å²) in [6.07, 6.45) is 6.77. The predicted molar refractivity (Wildman–Crippen MR) is 93.2 cm³/mol. The van der Waals surface area contributed by atoms with Crippen molar-refractivity contribution in [2.45, 2.75) is 58.3 Å². The SMILES string of the molecule is CCCC1CCN(CCC(C)(C)c2ccc(Cl)cc2)CC1. The van der Waals surface area contributed by atoms with Crippen LogP contribution in [0.3, 0.4) is 0 Å². The van der Waals surface area contributed by atoms with Gasteiger partial charge >= 0.3 is 0 Å². The van der Waals surface area contributed by atoms with Crippen LogP contribution in [0.25, 0.3) is 0 Å². The molecule has 1 aliphatic rings. The average molecular weight is 308 g/mol. The molecule has 2 rings (SSSR count). The van der Waals surface area contributed by atoms with Crippen molar-refractivity contribution in [2.75, 3.05) is 19.6 Å². The van der Waals surface area contributed by atoms with Crippen molar-refractivity contribution in [1.29, 1.82) is 0 Å². The summed E-state index contributed by atoms with van der Waals surface area (Å²) in [5, 5.41) is 0.826. The molecule has 1 heterocycles. The fourth-order valence-corrected chi connectivity index (χ4v) is 3.52. The number of benzene rings is 1. The first kappa shape index (κ1) is 16.8. The van der Waals surface area contributed by atoms with Gasteiger partial charge in [0.1, 0.15) is 0 Å². The lowest BCUT2D eigenvalue weighted by atomic mass is 9.81. The van der Waals surface area contributed by atoms with Crippen LogP contribution in [-0.4, -0.2) is 24.5 Å². The molecule has 0 atom stereocenters. The van der Waals surface area contributed by atoms with Gasteiger partial charge < -0.3 is 4.90 Å². The first-order valence-electron chi connectivity index (χ1n) is 8.49. The van der Waals surface area contributed by atoms with Gasteiger partial charge in [-0.3, -0.25) is 0 Å². The van der Waals surface area contributed by atoms with Gasteiger partial charge in [0.2, 0.25) is 0 Å². The van der Waals surface area contributed by atoms with E-state index in [2.05, 4.69) is 37.8 Å². The minimum atomic E-state index is 0.227. The molecule has 1 aromatic rings. The first-order chi connectivity index (χ1) is 10.0. The lowest BCUT2D eigenvalue weighted by Crippen LogP contribution is -2.36. The van der Waals surface area contributed by atoms with Crippen molar-refractivity contribution < 1.29 is 0 Å². The largest absolute Gasteiger partial charge is 0.303 e. The Morgan fingerprint density at radius 3 is 2.33 bits per heavy atom. The van der Waals surface area contributed by atoms with E-state index < -0.39 is 0 Å². The topological polar surface area (TPSA) is 3.24 Å². The molecule has 1 aliphatic heterocycles. The molecule has 0 aromatic heterocycles. The second-order valence-electron chi connectivity index (χ2n) is 7.21. The van der Waals surface area contributed by atoms with Crippen LogP contribution in [-0.2, 0) is 5.41 Å². The quantitative estimate of drug-likeness (QED) is 0.669. The maximum atomic E-state index is 5.99. The lowest BCUT2D eigenvalue weighted by Gasteiger charge is -2.34. The number of likely N-dealkylation sites (tertiary alicyclic amines) is 1. The highest BCUT2D eigenvalue weighted by Crippen LogP contribution is 2.29. The van der Waals surface area contributed by atoms with E-state index in [-0.39, 0.29) is 5.41 Å². The number of rotatable bonds is 6. The molecule has 0 radical (unpaired) electrons. The van der Waals surface area contributed by atoms with E-state index in [0.29, 0.717) is 0 Å². The normalized spacial score (nSPS) is 18.1. The molecule has 1 fully saturated rings. The van der Waals surface area contributed by atoms with E-state index in [1.807, 2.05) is 12.1 Å². The Labute approximate surface area is 135 Å². The molecule has 1 saturated heterocycles. The van der Waals surface area contributed by atoms with E-state index in [1.54, 1.807) is 0 Å². The smallest absolute Gasteiger partial charge is 0.0406 e. The van der Waals surface area contributed by atoms with Crippen LogP contribution in [0.4, 0.5) is 0 Å². The molecule has 1 aromatic carbocycles. The number of hydrogen-bond acceptors (Lipinski definition) is 1. The van der Waals surface area contributed by atoms with Crippen LogP contribution < -0.4 is 0 Å². The van der Waals surface area contributed by atoms with Crippen LogP contribution in [0.15, 0.2) is 24.3 Å². The van der Waals surface area contributed by atoms with Gasteiger partial charge in [0.15, 0.2) is 0 Å². The van der Waals surface area contributed by atoms with Crippen molar-refractivity contribution in [2.24, 2.45) is 5.92 Å². The third-order valence-corrected chi connectivity index (χ3v) is 5.33. The summed E-state index contributed by atoms with van der Waals surface area (Å²) < 4.78 is 0. The lowest BCUT2D eigenvalue weighted by molar-refractivity contribution is 0.167. The minimum Gasteiger partial charge on any atom is -0.303 e. The van der Waals surface area contributed by atoms with Crippen LogP contribution in [0.1, 0.15) is 58.4 Å². The van der Waals surface area contributed by atoms with Gasteiger partial charge in [0.05, 0.1) is 0 Å². The summed E-state index contributed by atoms with van der Waals surface area (Å²) in [6.45, 7) is 10.8. The zero-order valence-electron chi connectivity index (χ0n) is 13.9. The Kier molecular flexibility index (Phi) is 6.13. The highest BCUT2D eigenvalue weighted by Gasteiger charge is 2.24. The van der Waals surface area contributed by atoms with Crippen molar-refractivity contribution in [3.8, 4) is 0 Å². The third kappa shape index (κ3) is 5.00. The van der Waals surface area contributed by atoms with Gasteiger partial charge in [-0.25, -0.2) is 0 Å². The molecular formula is C19H30ClN. The number of hydrogen-bond donors (Lipinski definition) is 0. The second kappa shape index (κ2) is 7.65. The highest BCUT2D eigenvalue weighted by atomic mass is 35.5. The van der Waals surface area contributed by atoms with Gasteiger partial charge in [-0.1, -0.05) is 57.3 Å². The highest BCUT2D eigenvalue weighted by molar-refractivity contribution is 6.30. The Morgan fingerprint density at radius 1 is 1.14 bits per heavy atom.